The summed E-state index contributed by atoms with van der Waals surface area (Å²) in [4.78, 5) is 39.8. The molecule has 0 radical (unpaired) electrons. The molecule has 2 atom stereocenters. The maximum absolute atomic E-state index is 13.7. The highest BCUT2D eigenvalue weighted by atomic mass is 16.5. The maximum atomic E-state index is 13.7. The quantitative estimate of drug-likeness (QED) is 0.361. The summed E-state index contributed by atoms with van der Waals surface area (Å²) in [5, 5.41) is 12.8. The van der Waals surface area contributed by atoms with Crippen molar-refractivity contribution in [2.75, 3.05) is 33.0 Å². The number of ether oxygens (including phenoxy) is 3. The number of urea groups is 1. The summed E-state index contributed by atoms with van der Waals surface area (Å²) < 4.78 is 17.3. The number of nitrogens with one attached hydrogen (secondary N) is 1. The first-order valence-corrected chi connectivity index (χ1v) is 13.4. The number of rotatable bonds is 12. The molecular formula is C30H40N2O7. The van der Waals surface area contributed by atoms with Gasteiger partial charge < -0.3 is 29.5 Å². The lowest BCUT2D eigenvalue weighted by atomic mass is 9.90. The lowest BCUT2D eigenvalue weighted by Gasteiger charge is -2.38. The van der Waals surface area contributed by atoms with Gasteiger partial charge in [-0.25, -0.2) is 9.59 Å². The molecule has 0 aromatic heterocycles. The van der Waals surface area contributed by atoms with Crippen molar-refractivity contribution < 1.29 is 33.7 Å². The van der Waals surface area contributed by atoms with Crippen LogP contribution in [0.15, 0.2) is 42.5 Å². The molecule has 1 fully saturated rings. The summed E-state index contributed by atoms with van der Waals surface area (Å²) in [5.74, 6) is -0.696. The van der Waals surface area contributed by atoms with Crippen LogP contribution in [0.5, 0.6) is 5.75 Å². The molecule has 39 heavy (non-hydrogen) atoms. The first-order valence-electron chi connectivity index (χ1n) is 13.4. The van der Waals surface area contributed by atoms with Crippen molar-refractivity contribution >= 4 is 17.8 Å². The molecule has 9 heteroatoms. The summed E-state index contributed by atoms with van der Waals surface area (Å²) in [6.45, 7) is 10.4. The van der Waals surface area contributed by atoms with Gasteiger partial charge in [-0.15, -0.1) is 0 Å². The highest BCUT2D eigenvalue weighted by Crippen LogP contribution is 2.34. The second-order valence-corrected chi connectivity index (χ2v) is 9.87. The Morgan fingerprint density at radius 1 is 1.10 bits per heavy atom. The normalized spacial score (nSPS) is 16.1. The van der Waals surface area contributed by atoms with Gasteiger partial charge in [0, 0.05) is 32.6 Å². The van der Waals surface area contributed by atoms with Crippen molar-refractivity contribution in [3.8, 4) is 5.75 Å². The van der Waals surface area contributed by atoms with Gasteiger partial charge >= 0.3 is 12.0 Å². The van der Waals surface area contributed by atoms with E-state index in [1.165, 1.54) is 6.92 Å². The minimum Gasteiger partial charge on any atom is -0.493 e. The van der Waals surface area contributed by atoms with Crippen LogP contribution in [0.2, 0.25) is 0 Å². The van der Waals surface area contributed by atoms with Gasteiger partial charge in [0.15, 0.2) is 5.78 Å². The number of nitrogens with zero attached hydrogens (tertiary/aromatic N) is 1. The number of hydrogen-bond acceptors (Lipinski definition) is 6. The van der Waals surface area contributed by atoms with E-state index in [1.54, 1.807) is 11.0 Å². The van der Waals surface area contributed by atoms with Crippen molar-refractivity contribution in [1.29, 1.82) is 0 Å². The molecule has 0 spiro atoms. The lowest BCUT2D eigenvalue weighted by molar-refractivity contribution is -0.148. The minimum absolute atomic E-state index is 0.110. The van der Waals surface area contributed by atoms with Gasteiger partial charge in [-0.05, 0) is 57.4 Å². The van der Waals surface area contributed by atoms with Crippen LogP contribution in [-0.4, -0.2) is 66.3 Å². The van der Waals surface area contributed by atoms with Crippen LogP contribution in [0.4, 0.5) is 4.79 Å². The van der Waals surface area contributed by atoms with E-state index in [0.717, 1.165) is 16.7 Å². The van der Waals surface area contributed by atoms with Crippen molar-refractivity contribution in [3.63, 3.8) is 0 Å². The lowest BCUT2D eigenvalue weighted by Crippen LogP contribution is -2.60. The van der Waals surface area contributed by atoms with Gasteiger partial charge in [-0.3, -0.25) is 4.79 Å². The summed E-state index contributed by atoms with van der Waals surface area (Å²) in [6, 6.07) is 12.4. The molecule has 0 aliphatic carbocycles. The van der Waals surface area contributed by atoms with Crippen molar-refractivity contribution in [3.05, 3.63) is 64.7 Å². The second kappa shape index (κ2) is 13.6. The fourth-order valence-corrected chi connectivity index (χ4v) is 4.94. The number of ketones is 1. The van der Waals surface area contributed by atoms with Crippen LogP contribution >= 0.6 is 0 Å². The zero-order valence-corrected chi connectivity index (χ0v) is 23.5. The molecule has 9 nitrogen and oxygen atoms in total. The Kier molecular flexibility index (Phi) is 10.5. The number of benzene rings is 2. The molecule has 0 bridgehead atoms. The third-order valence-corrected chi connectivity index (χ3v) is 7.37. The summed E-state index contributed by atoms with van der Waals surface area (Å²) in [7, 11) is 0. The molecule has 2 N–H and O–H groups in total. The molecule has 2 amide bonds. The average molecular weight is 541 g/mol. The smallest absolute Gasteiger partial charge is 0.329 e. The fraction of sp³-hybridized carbons (Fsp3) is 0.500. The van der Waals surface area contributed by atoms with E-state index in [-0.39, 0.29) is 51.1 Å². The third-order valence-electron chi connectivity index (χ3n) is 7.37. The van der Waals surface area contributed by atoms with E-state index in [9.17, 15) is 19.5 Å². The van der Waals surface area contributed by atoms with E-state index < -0.39 is 23.6 Å². The number of carboxylic acid groups (broad SMARTS) is 1. The number of Topliss-reactive ketones (excluding diaryl/α,β-unsaturated/α-hetero) is 1. The Labute approximate surface area is 230 Å². The summed E-state index contributed by atoms with van der Waals surface area (Å²) >= 11 is 0. The Bertz CT molecular complexity index is 1150. The number of carbonyl (C=O) groups is 3. The van der Waals surface area contributed by atoms with E-state index >= 15 is 0 Å². The van der Waals surface area contributed by atoms with Gasteiger partial charge in [0.1, 0.15) is 11.3 Å². The number of hydrogen-bond donors (Lipinski definition) is 2. The monoisotopic (exact) mass is 540 g/mol. The van der Waals surface area contributed by atoms with Gasteiger partial charge in [0.25, 0.3) is 0 Å². The molecule has 1 heterocycles. The van der Waals surface area contributed by atoms with Crippen molar-refractivity contribution in [1.82, 2.24) is 10.2 Å². The zero-order valence-electron chi connectivity index (χ0n) is 23.5. The van der Waals surface area contributed by atoms with Crippen LogP contribution in [-0.2, 0) is 14.3 Å². The number of aliphatic carboxylic acids is 1. The van der Waals surface area contributed by atoms with E-state index in [4.69, 9.17) is 14.2 Å². The molecule has 1 aliphatic rings. The molecule has 0 unspecified atom stereocenters. The average Bonchev–Trinajstić information content (AvgIpc) is 2.92. The standard InChI is InChI=1S/C30H40N2O7/c1-6-38-27-20(2)25(12-13-26(27)22(4)33)21(3)32(16-19-39-23(5)24-10-8-7-9-11-24)29(36)31-30(28(34)35)14-17-37-18-15-30/h7-13,21,23H,6,14-19H2,1-5H3,(H,31,36)(H,34,35)/t21-,23-/m1/s1. The van der Waals surface area contributed by atoms with Crippen molar-refractivity contribution in [2.45, 2.75) is 65.1 Å². The highest BCUT2D eigenvalue weighted by molar-refractivity contribution is 5.97. The predicted octanol–water partition coefficient (Wildman–Crippen LogP) is 5.08. The van der Waals surface area contributed by atoms with E-state index in [0.29, 0.717) is 17.9 Å². The Morgan fingerprint density at radius 2 is 1.77 bits per heavy atom. The molecule has 2 aromatic rings. The SMILES string of the molecule is CCOc1c(C(C)=O)ccc([C@@H](C)N(CCO[C@H](C)c2ccccc2)C(=O)NC2(C(=O)O)CCOCC2)c1C. The van der Waals surface area contributed by atoms with Crippen molar-refractivity contribution in [2.24, 2.45) is 0 Å². The maximum Gasteiger partial charge on any atom is 0.329 e. The van der Waals surface area contributed by atoms with E-state index in [1.807, 2.05) is 64.1 Å². The fourth-order valence-electron chi connectivity index (χ4n) is 4.94. The second-order valence-electron chi connectivity index (χ2n) is 9.87. The van der Waals surface area contributed by atoms with Gasteiger partial charge in [0.05, 0.1) is 30.9 Å². The summed E-state index contributed by atoms with van der Waals surface area (Å²) in [6.07, 6.45) is 0.172. The van der Waals surface area contributed by atoms with Gasteiger partial charge in [0.2, 0.25) is 0 Å². The predicted molar refractivity (Wildman–Crippen MR) is 147 cm³/mol. The Morgan fingerprint density at radius 3 is 2.36 bits per heavy atom. The first kappa shape index (κ1) is 30.1. The van der Waals surface area contributed by atoms with Crippen LogP contribution in [0, 0.1) is 6.92 Å². The molecule has 212 valence electrons. The van der Waals surface area contributed by atoms with Crippen LogP contribution in [0.3, 0.4) is 0 Å². The minimum atomic E-state index is -1.41. The highest BCUT2D eigenvalue weighted by Gasteiger charge is 2.43. The van der Waals surface area contributed by atoms with E-state index in [2.05, 4.69) is 5.32 Å². The topological polar surface area (TPSA) is 114 Å². The molecule has 1 saturated heterocycles. The largest absolute Gasteiger partial charge is 0.493 e. The molecular weight excluding hydrogens is 500 g/mol. The van der Waals surface area contributed by atoms with Gasteiger partial charge in [-0.2, -0.15) is 0 Å². The number of carbonyl (C=O) groups excluding carboxylic acids is 2. The Hall–Kier alpha value is -3.43. The molecule has 3 rings (SSSR count). The number of amides is 2. The van der Waals surface area contributed by atoms with Crippen LogP contribution in [0.25, 0.3) is 0 Å². The molecule has 2 aromatic carbocycles. The van der Waals surface area contributed by atoms with Crippen LogP contribution in [0.1, 0.15) is 79.7 Å². The third kappa shape index (κ3) is 7.16. The molecule has 0 saturated carbocycles. The van der Waals surface area contributed by atoms with Crippen LogP contribution < -0.4 is 10.1 Å². The summed E-state index contributed by atoms with van der Waals surface area (Å²) in [5.41, 5.74) is 1.65. The first-order chi connectivity index (χ1) is 18.6. The Balaban J connectivity index is 1.90. The number of carboxylic acids is 1. The van der Waals surface area contributed by atoms with Gasteiger partial charge in [-0.1, -0.05) is 36.4 Å². The zero-order chi connectivity index (χ0) is 28.6. The molecule has 1 aliphatic heterocycles.